The Morgan fingerprint density at radius 3 is 2.43 bits per heavy atom. The molecule has 0 aliphatic heterocycles. The second kappa shape index (κ2) is 6.22. The van der Waals surface area contributed by atoms with Gasteiger partial charge in [-0.3, -0.25) is 0 Å². The van der Waals surface area contributed by atoms with Crippen LogP contribution in [0.1, 0.15) is 29.7 Å². The number of ether oxygens (including phenoxy) is 1. The third-order valence-electron chi connectivity index (χ3n) is 3.26. The van der Waals surface area contributed by atoms with Crippen LogP contribution < -0.4 is 10.5 Å². The largest absolute Gasteiger partial charge is 0.487 e. The molecule has 2 aromatic carbocycles. The minimum Gasteiger partial charge on any atom is -0.487 e. The lowest BCUT2D eigenvalue weighted by atomic mass is 10.1. The van der Waals surface area contributed by atoms with Gasteiger partial charge in [0.15, 0.2) is 6.61 Å². The van der Waals surface area contributed by atoms with Crippen LogP contribution >= 0.6 is 0 Å². The summed E-state index contributed by atoms with van der Waals surface area (Å²) in [5.74, 6) is -2.62. The quantitative estimate of drug-likeness (QED) is 0.896. The zero-order valence-electron chi connectivity index (χ0n) is 12.1. The molecule has 0 unspecified atom stereocenters. The predicted octanol–water partition coefficient (Wildman–Crippen LogP) is 4.19. The van der Waals surface area contributed by atoms with Gasteiger partial charge >= 0.3 is 5.92 Å². The minimum absolute atomic E-state index is 0.0556. The molecule has 2 N–H and O–H groups in total. The molecule has 0 bridgehead atoms. The van der Waals surface area contributed by atoms with Crippen molar-refractivity contribution in [3.63, 3.8) is 0 Å². The molecular formula is C17H19F2NO. The molecule has 0 aliphatic carbocycles. The monoisotopic (exact) mass is 291 g/mol. The number of alkyl halides is 2. The van der Waals surface area contributed by atoms with E-state index in [2.05, 4.69) is 0 Å². The molecule has 0 saturated heterocycles. The third-order valence-corrected chi connectivity index (χ3v) is 3.26. The van der Waals surface area contributed by atoms with Crippen molar-refractivity contribution in [3.8, 4) is 5.75 Å². The lowest BCUT2D eigenvalue weighted by Gasteiger charge is -2.20. The van der Waals surface area contributed by atoms with E-state index in [4.69, 9.17) is 10.5 Å². The smallest absolute Gasteiger partial charge is 0.306 e. The van der Waals surface area contributed by atoms with Crippen molar-refractivity contribution in [2.75, 3.05) is 6.61 Å². The van der Waals surface area contributed by atoms with Gasteiger partial charge in [-0.1, -0.05) is 42.5 Å². The number of rotatable bonds is 5. The third kappa shape index (κ3) is 3.79. The molecule has 21 heavy (non-hydrogen) atoms. The van der Waals surface area contributed by atoms with Gasteiger partial charge in [0.05, 0.1) is 0 Å². The first kappa shape index (κ1) is 15.4. The van der Waals surface area contributed by atoms with Gasteiger partial charge in [-0.15, -0.1) is 0 Å². The summed E-state index contributed by atoms with van der Waals surface area (Å²) in [5, 5.41) is 0. The summed E-state index contributed by atoms with van der Waals surface area (Å²) in [6.07, 6.45) is 0. The van der Waals surface area contributed by atoms with Crippen LogP contribution in [0.25, 0.3) is 0 Å². The molecule has 0 heterocycles. The lowest BCUT2D eigenvalue weighted by Crippen LogP contribution is -2.23. The Kier molecular flexibility index (Phi) is 4.58. The zero-order valence-corrected chi connectivity index (χ0v) is 12.1. The van der Waals surface area contributed by atoms with Gasteiger partial charge in [0.2, 0.25) is 0 Å². The predicted molar refractivity (Wildman–Crippen MR) is 79.6 cm³/mol. The van der Waals surface area contributed by atoms with E-state index in [9.17, 15) is 8.78 Å². The molecular weight excluding hydrogens is 272 g/mol. The van der Waals surface area contributed by atoms with E-state index in [1.54, 1.807) is 31.2 Å². The highest BCUT2D eigenvalue weighted by molar-refractivity contribution is 5.39. The van der Waals surface area contributed by atoms with Gasteiger partial charge in [0.25, 0.3) is 0 Å². The summed E-state index contributed by atoms with van der Waals surface area (Å²) in [6, 6.07) is 12.8. The average Bonchev–Trinajstić information content (AvgIpc) is 2.46. The molecule has 0 amide bonds. The van der Waals surface area contributed by atoms with E-state index >= 15 is 0 Å². The Bertz CT molecular complexity index is 597. The highest BCUT2D eigenvalue weighted by atomic mass is 19.3. The van der Waals surface area contributed by atoms with E-state index in [0.717, 1.165) is 11.1 Å². The number of aryl methyl sites for hydroxylation is 1. The first-order valence-electron chi connectivity index (χ1n) is 6.82. The number of halogens is 2. The molecule has 0 aromatic heterocycles. The van der Waals surface area contributed by atoms with Crippen LogP contribution in [0.2, 0.25) is 0 Å². The van der Waals surface area contributed by atoms with Crippen molar-refractivity contribution in [1.82, 2.24) is 0 Å². The molecule has 0 radical (unpaired) electrons. The summed E-state index contributed by atoms with van der Waals surface area (Å²) >= 11 is 0. The van der Waals surface area contributed by atoms with Gasteiger partial charge in [-0.25, -0.2) is 0 Å². The van der Waals surface area contributed by atoms with Crippen LogP contribution in [0.4, 0.5) is 8.78 Å². The van der Waals surface area contributed by atoms with Crippen molar-refractivity contribution < 1.29 is 13.5 Å². The van der Waals surface area contributed by atoms with Gasteiger partial charge in [0, 0.05) is 17.2 Å². The molecule has 4 heteroatoms. The van der Waals surface area contributed by atoms with Crippen molar-refractivity contribution in [1.29, 1.82) is 0 Å². The first-order valence-corrected chi connectivity index (χ1v) is 6.82. The summed E-state index contributed by atoms with van der Waals surface area (Å²) in [6.45, 7) is 2.97. The second-order valence-electron chi connectivity index (χ2n) is 5.19. The van der Waals surface area contributed by atoms with Crippen LogP contribution in [0.3, 0.4) is 0 Å². The van der Waals surface area contributed by atoms with Crippen LogP contribution in [-0.2, 0) is 5.92 Å². The van der Waals surface area contributed by atoms with Gasteiger partial charge in [0.1, 0.15) is 5.75 Å². The number of hydrogen-bond donors (Lipinski definition) is 1. The van der Waals surface area contributed by atoms with Crippen LogP contribution in [-0.4, -0.2) is 6.61 Å². The SMILES string of the molecule is Cc1ccc([C@H](C)N)c(OCC(F)(F)c2ccccc2)c1. The summed E-state index contributed by atoms with van der Waals surface area (Å²) in [5.41, 5.74) is 7.46. The van der Waals surface area contributed by atoms with Crippen molar-refractivity contribution >= 4 is 0 Å². The summed E-state index contributed by atoms with van der Waals surface area (Å²) in [4.78, 5) is 0. The maximum absolute atomic E-state index is 14.1. The van der Waals surface area contributed by atoms with Crippen LogP contribution in [0, 0.1) is 6.92 Å². The lowest BCUT2D eigenvalue weighted by molar-refractivity contribution is -0.0470. The fourth-order valence-corrected chi connectivity index (χ4v) is 2.08. The average molecular weight is 291 g/mol. The maximum atomic E-state index is 14.1. The highest BCUT2D eigenvalue weighted by Gasteiger charge is 2.32. The molecule has 0 saturated carbocycles. The normalized spacial score (nSPS) is 13.0. The summed E-state index contributed by atoms with van der Waals surface area (Å²) in [7, 11) is 0. The Morgan fingerprint density at radius 2 is 1.81 bits per heavy atom. The fourth-order valence-electron chi connectivity index (χ4n) is 2.08. The van der Waals surface area contributed by atoms with Crippen molar-refractivity contribution in [2.45, 2.75) is 25.8 Å². The maximum Gasteiger partial charge on any atom is 0.306 e. The second-order valence-corrected chi connectivity index (χ2v) is 5.19. The zero-order chi connectivity index (χ0) is 15.5. The van der Waals surface area contributed by atoms with Crippen LogP contribution in [0.15, 0.2) is 48.5 Å². The molecule has 0 aliphatic rings. The minimum atomic E-state index is -3.04. The van der Waals surface area contributed by atoms with Gasteiger partial charge < -0.3 is 10.5 Å². The van der Waals surface area contributed by atoms with E-state index < -0.39 is 12.5 Å². The Balaban J connectivity index is 2.18. The molecule has 1 atom stereocenters. The van der Waals surface area contributed by atoms with Crippen molar-refractivity contribution in [3.05, 3.63) is 65.2 Å². The molecule has 2 aromatic rings. The fraction of sp³-hybridized carbons (Fsp3) is 0.294. The van der Waals surface area contributed by atoms with E-state index in [-0.39, 0.29) is 11.6 Å². The van der Waals surface area contributed by atoms with Gasteiger partial charge in [-0.05, 0) is 25.5 Å². The molecule has 112 valence electrons. The topological polar surface area (TPSA) is 35.2 Å². The van der Waals surface area contributed by atoms with E-state index in [1.807, 2.05) is 19.1 Å². The van der Waals surface area contributed by atoms with Crippen molar-refractivity contribution in [2.24, 2.45) is 5.73 Å². The standard InChI is InChI=1S/C17H19F2NO/c1-12-8-9-15(13(2)20)16(10-12)21-11-17(18,19)14-6-4-3-5-7-14/h3-10,13H,11,20H2,1-2H3/t13-/m0/s1. The van der Waals surface area contributed by atoms with E-state index in [0.29, 0.717) is 5.75 Å². The van der Waals surface area contributed by atoms with Crippen LogP contribution in [0.5, 0.6) is 5.75 Å². The highest BCUT2D eigenvalue weighted by Crippen LogP contribution is 2.31. The number of nitrogens with two attached hydrogens (primary N) is 1. The molecule has 0 fully saturated rings. The van der Waals surface area contributed by atoms with Gasteiger partial charge in [-0.2, -0.15) is 8.78 Å². The first-order chi connectivity index (χ1) is 9.90. The Hall–Kier alpha value is -1.94. The molecule has 0 spiro atoms. The number of benzene rings is 2. The van der Waals surface area contributed by atoms with E-state index in [1.165, 1.54) is 12.1 Å². The molecule has 2 rings (SSSR count). The number of hydrogen-bond acceptors (Lipinski definition) is 2. The molecule has 2 nitrogen and oxygen atoms in total. The summed E-state index contributed by atoms with van der Waals surface area (Å²) < 4.78 is 33.6. The Morgan fingerprint density at radius 1 is 1.14 bits per heavy atom. The Labute approximate surface area is 123 Å².